The van der Waals surface area contributed by atoms with E-state index >= 15 is 0 Å². The van der Waals surface area contributed by atoms with Crippen LogP contribution in [0, 0.1) is 0 Å². The van der Waals surface area contributed by atoms with Crippen LogP contribution in [-0.2, 0) is 15.9 Å². The molecule has 3 atom stereocenters. The molecular weight excluding hydrogens is 286 g/mol. The smallest absolute Gasteiger partial charge is 0.0827 e. The van der Waals surface area contributed by atoms with E-state index in [1.54, 1.807) is 0 Å². The molecule has 1 fully saturated rings. The predicted octanol–water partition coefficient (Wildman–Crippen LogP) is 4.02. The number of fused-ring (bicyclic) bond motifs is 1. The molecule has 23 heavy (non-hydrogen) atoms. The van der Waals surface area contributed by atoms with Gasteiger partial charge in [-0.15, -0.1) is 0 Å². The highest BCUT2D eigenvalue weighted by molar-refractivity contribution is 5.31. The van der Waals surface area contributed by atoms with Crippen molar-refractivity contribution in [2.75, 3.05) is 13.2 Å². The minimum absolute atomic E-state index is 0.308. The molecule has 2 aliphatic rings. The maximum absolute atomic E-state index is 6.18. The molecule has 1 saturated heterocycles. The highest BCUT2D eigenvalue weighted by Gasteiger charge is 2.24. The number of nitrogens with one attached hydrogen (secondary N) is 1. The van der Waals surface area contributed by atoms with E-state index in [0.29, 0.717) is 24.4 Å². The van der Waals surface area contributed by atoms with Crippen LogP contribution >= 0.6 is 0 Å². The third kappa shape index (κ3) is 4.79. The largest absolute Gasteiger partial charge is 0.375 e. The zero-order chi connectivity index (χ0) is 16.1. The van der Waals surface area contributed by atoms with Crippen molar-refractivity contribution in [1.29, 1.82) is 0 Å². The van der Waals surface area contributed by atoms with Crippen LogP contribution in [0.3, 0.4) is 0 Å². The molecule has 0 amide bonds. The first kappa shape index (κ1) is 16.9. The Balaban J connectivity index is 1.36. The molecule has 1 aliphatic carbocycles. The lowest BCUT2D eigenvalue weighted by atomic mass is 9.89. The Bertz CT molecular complexity index is 480. The van der Waals surface area contributed by atoms with Crippen molar-refractivity contribution in [2.24, 2.45) is 0 Å². The number of rotatable bonds is 6. The molecule has 3 heteroatoms. The Hall–Kier alpha value is -0.900. The summed E-state index contributed by atoms with van der Waals surface area (Å²) in [5.74, 6) is 0. The van der Waals surface area contributed by atoms with Crippen molar-refractivity contribution in [2.45, 2.75) is 76.7 Å². The third-order valence-electron chi connectivity index (χ3n) is 5.09. The summed E-state index contributed by atoms with van der Waals surface area (Å²) in [6.45, 7) is 6.24. The summed E-state index contributed by atoms with van der Waals surface area (Å²) in [7, 11) is 0. The van der Waals surface area contributed by atoms with E-state index in [-0.39, 0.29) is 0 Å². The van der Waals surface area contributed by atoms with Crippen LogP contribution in [0.25, 0.3) is 0 Å². The van der Waals surface area contributed by atoms with Gasteiger partial charge < -0.3 is 14.8 Å². The highest BCUT2D eigenvalue weighted by atomic mass is 16.5. The fraction of sp³-hybridized carbons (Fsp3) is 0.700. The zero-order valence-corrected chi connectivity index (χ0v) is 14.6. The normalized spacial score (nSPS) is 30.9. The van der Waals surface area contributed by atoms with Crippen LogP contribution in [0.2, 0.25) is 0 Å². The SMILES string of the molecule is CC1CC(NCCCOC2CCCc3ccccc32)CC(C)O1. The number of ether oxygens (including phenoxy) is 2. The van der Waals surface area contributed by atoms with Gasteiger partial charge in [0.05, 0.1) is 18.3 Å². The molecule has 1 heterocycles. The topological polar surface area (TPSA) is 30.5 Å². The van der Waals surface area contributed by atoms with Gasteiger partial charge in [-0.25, -0.2) is 0 Å². The molecule has 3 rings (SSSR count). The fourth-order valence-electron chi connectivity index (χ4n) is 4.06. The van der Waals surface area contributed by atoms with Gasteiger partial charge in [0.15, 0.2) is 0 Å². The average Bonchev–Trinajstić information content (AvgIpc) is 2.54. The second kappa shape index (κ2) is 8.27. The molecule has 1 aliphatic heterocycles. The predicted molar refractivity (Wildman–Crippen MR) is 93.7 cm³/mol. The minimum atomic E-state index is 0.308. The Morgan fingerprint density at radius 2 is 1.96 bits per heavy atom. The first-order valence-corrected chi connectivity index (χ1v) is 9.30. The molecule has 0 saturated carbocycles. The zero-order valence-electron chi connectivity index (χ0n) is 14.6. The van der Waals surface area contributed by atoms with Gasteiger partial charge in [-0.1, -0.05) is 24.3 Å². The van der Waals surface area contributed by atoms with Crippen LogP contribution in [0.15, 0.2) is 24.3 Å². The van der Waals surface area contributed by atoms with Crippen molar-refractivity contribution < 1.29 is 9.47 Å². The van der Waals surface area contributed by atoms with Crippen LogP contribution in [-0.4, -0.2) is 31.4 Å². The molecule has 1 N–H and O–H groups in total. The van der Waals surface area contributed by atoms with Crippen LogP contribution in [0.1, 0.15) is 63.2 Å². The summed E-state index contributed by atoms with van der Waals surface area (Å²) in [5, 5.41) is 3.68. The molecule has 3 nitrogen and oxygen atoms in total. The summed E-state index contributed by atoms with van der Waals surface area (Å²) in [5.41, 5.74) is 2.89. The van der Waals surface area contributed by atoms with Gasteiger partial charge in [-0.05, 0) is 70.0 Å². The van der Waals surface area contributed by atoms with E-state index in [9.17, 15) is 0 Å². The van der Waals surface area contributed by atoms with E-state index in [1.807, 2.05) is 0 Å². The van der Waals surface area contributed by atoms with Gasteiger partial charge in [-0.2, -0.15) is 0 Å². The van der Waals surface area contributed by atoms with Crippen LogP contribution in [0.5, 0.6) is 0 Å². The maximum Gasteiger partial charge on any atom is 0.0827 e. The number of hydrogen-bond donors (Lipinski definition) is 1. The maximum atomic E-state index is 6.18. The lowest BCUT2D eigenvalue weighted by Crippen LogP contribution is -2.41. The summed E-state index contributed by atoms with van der Waals surface area (Å²) >= 11 is 0. The van der Waals surface area contributed by atoms with Crippen LogP contribution < -0.4 is 5.32 Å². The van der Waals surface area contributed by atoms with Gasteiger partial charge in [0.25, 0.3) is 0 Å². The van der Waals surface area contributed by atoms with Crippen molar-refractivity contribution in [3.05, 3.63) is 35.4 Å². The molecule has 1 aromatic rings. The second-order valence-electron chi connectivity index (χ2n) is 7.18. The first-order valence-electron chi connectivity index (χ1n) is 9.30. The number of hydrogen-bond acceptors (Lipinski definition) is 3. The molecule has 1 aromatic carbocycles. The third-order valence-corrected chi connectivity index (χ3v) is 5.09. The Morgan fingerprint density at radius 3 is 2.78 bits per heavy atom. The summed E-state index contributed by atoms with van der Waals surface area (Å²) in [6.07, 6.45) is 8.02. The van der Waals surface area contributed by atoms with Crippen LogP contribution in [0.4, 0.5) is 0 Å². The Morgan fingerprint density at radius 1 is 1.17 bits per heavy atom. The van der Waals surface area contributed by atoms with Crippen molar-refractivity contribution in [1.82, 2.24) is 5.32 Å². The lowest BCUT2D eigenvalue weighted by molar-refractivity contribution is -0.0423. The average molecular weight is 317 g/mol. The lowest BCUT2D eigenvalue weighted by Gasteiger charge is -2.32. The molecular formula is C20H31NO2. The highest BCUT2D eigenvalue weighted by Crippen LogP contribution is 2.32. The summed E-state index contributed by atoms with van der Waals surface area (Å²) < 4.78 is 12.0. The van der Waals surface area contributed by atoms with Crippen molar-refractivity contribution in [3.63, 3.8) is 0 Å². The fourth-order valence-corrected chi connectivity index (χ4v) is 4.06. The van der Waals surface area contributed by atoms with Gasteiger partial charge >= 0.3 is 0 Å². The van der Waals surface area contributed by atoms with Crippen molar-refractivity contribution >= 4 is 0 Å². The molecule has 0 aromatic heterocycles. The Kier molecular flexibility index (Phi) is 6.09. The quantitative estimate of drug-likeness (QED) is 0.804. The van der Waals surface area contributed by atoms with E-state index in [4.69, 9.17) is 9.47 Å². The summed E-state index contributed by atoms with van der Waals surface area (Å²) in [4.78, 5) is 0. The van der Waals surface area contributed by atoms with E-state index in [2.05, 4.69) is 43.4 Å². The molecule has 3 unspecified atom stereocenters. The molecule has 0 bridgehead atoms. The second-order valence-corrected chi connectivity index (χ2v) is 7.18. The molecule has 128 valence electrons. The van der Waals surface area contributed by atoms with Gasteiger partial charge in [0, 0.05) is 12.6 Å². The summed E-state index contributed by atoms with van der Waals surface area (Å²) in [6, 6.07) is 9.36. The van der Waals surface area contributed by atoms with E-state index < -0.39 is 0 Å². The molecule has 0 spiro atoms. The monoisotopic (exact) mass is 317 g/mol. The van der Waals surface area contributed by atoms with Crippen molar-refractivity contribution in [3.8, 4) is 0 Å². The molecule has 0 radical (unpaired) electrons. The number of aryl methyl sites for hydroxylation is 1. The van der Waals surface area contributed by atoms with Gasteiger partial charge in [0.1, 0.15) is 0 Å². The van der Waals surface area contributed by atoms with E-state index in [0.717, 1.165) is 32.4 Å². The minimum Gasteiger partial charge on any atom is -0.375 e. The van der Waals surface area contributed by atoms with Gasteiger partial charge in [0.2, 0.25) is 0 Å². The Labute approximate surface area is 140 Å². The number of benzene rings is 1. The first-order chi connectivity index (χ1) is 11.2. The standard InChI is InChI=1S/C20H31NO2/c1-15-13-18(14-16(2)23-15)21-11-6-12-22-20-10-5-8-17-7-3-4-9-19(17)20/h3-4,7,9,15-16,18,20-21H,5-6,8,10-14H2,1-2H3. The van der Waals surface area contributed by atoms with Gasteiger partial charge in [-0.3, -0.25) is 0 Å². The van der Waals surface area contributed by atoms with E-state index in [1.165, 1.54) is 30.4 Å².